The molecule has 0 saturated carbocycles. The molecule has 0 aliphatic heterocycles. The Kier molecular flexibility index (Phi) is 5.18. The van der Waals surface area contributed by atoms with Crippen molar-refractivity contribution in [3.8, 4) is 11.8 Å². The van der Waals surface area contributed by atoms with Gasteiger partial charge in [0.05, 0.1) is 35.0 Å². The molecule has 1 N–H and O–H groups in total. The number of carbonyl (C=O) groups excluding carboxylic acids is 1. The predicted octanol–water partition coefficient (Wildman–Crippen LogP) is 5.13. The summed E-state index contributed by atoms with van der Waals surface area (Å²) in [7, 11) is 1.37. The van der Waals surface area contributed by atoms with Gasteiger partial charge in [-0.25, -0.2) is 9.78 Å². The molecule has 154 valence electrons. The number of rotatable bonds is 4. The number of aryl methyl sites for hydroxylation is 2. The molecule has 0 fully saturated rings. The third kappa shape index (κ3) is 3.62. The Bertz CT molecular complexity index is 1380. The minimum Gasteiger partial charge on any atom is -0.465 e. The summed E-state index contributed by atoms with van der Waals surface area (Å²) in [5.41, 5.74) is 7.23. The van der Waals surface area contributed by atoms with Gasteiger partial charge in [0, 0.05) is 11.4 Å². The van der Waals surface area contributed by atoms with Crippen LogP contribution in [0, 0.1) is 32.1 Å². The zero-order valence-corrected chi connectivity index (χ0v) is 17.9. The first-order valence-corrected chi connectivity index (χ1v) is 9.88. The second-order valence-electron chi connectivity index (χ2n) is 7.45. The number of carbonyl (C=O) groups is 1. The van der Waals surface area contributed by atoms with Crippen LogP contribution < -0.4 is 0 Å². The van der Waals surface area contributed by atoms with E-state index in [-0.39, 0.29) is 0 Å². The van der Waals surface area contributed by atoms with Crippen molar-refractivity contribution in [3.05, 3.63) is 82.4 Å². The third-order valence-electron chi connectivity index (χ3n) is 5.33. The number of H-pyrrole nitrogens is 1. The molecule has 0 aliphatic carbocycles. The SMILES string of the molecule is COC(=O)c1ccccc1-n1c(C)cc(C=C(C#N)c2nc3ccc(C)cc3[nH]2)c1C. The monoisotopic (exact) mass is 410 g/mol. The molecule has 0 aliphatic rings. The number of hydrogen-bond acceptors (Lipinski definition) is 4. The number of aromatic amines is 1. The summed E-state index contributed by atoms with van der Waals surface area (Å²) in [6.45, 7) is 5.94. The number of benzene rings is 2. The molecule has 4 rings (SSSR count). The second-order valence-corrected chi connectivity index (χ2v) is 7.45. The summed E-state index contributed by atoms with van der Waals surface area (Å²) in [6, 6.07) is 17.5. The zero-order chi connectivity index (χ0) is 22.1. The molecule has 31 heavy (non-hydrogen) atoms. The number of allylic oxidation sites excluding steroid dienone is 1. The van der Waals surface area contributed by atoms with Gasteiger partial charge in [-0.1, -0.05) is 18.2 Å². The number of nitriles is 1. The van der Waals surface area contributed by atoms with Crippen LogP contribution in [0.5, 0.6) is 0 Å². The molecule has 6 heteroatoms. The predicted molar refractivity (Wildman–Crippen MR) is 121 cm³/mol. The van der Waals surface area contributed by atoms with E-state index in [2.05, 4.69) is 16.0 Å². The summed E-state index contributed by atoms with van der Waals surface area (Å²) in [4.78, 5) is 20.1. The maximum Gasteiger partial charge on any atom is 0.339 e. The number of nitrogens with one attached hydrogen (secondary N) is 1. The molecule has 0 atom stereocenters. The van der Waals surface area contributed by atoms with Gasteiger partial charge in [0.15, 0.2) is 0 Å². The van der Waals surface area contributed by atoms with Gasteiger partial charge in [0.2, 0.25) is 0 Å². The fourth-order valence-electron chi connectivity index (χ4n) is 3.82. The molecule has 6 nitrogen and oxygen atoms in total. The Morgan fingerprint density at radius 3 is 2.68 bits per heavy atom. The standard InChI is InChI=1S/C25H22N4O2/c1-15-9-10-21-22(11-15)28-24(27-21)19(14-26)13-18-12-16(2)29(17(18)3)23-8-6-5-7-20(23)25(30)31-4/h5-13H,1-4H3,(H,27,28). The van der Waals surface area contributed by atoms with Crippen molar-refractivity contribution in [1.29, 1.82) is 5.26 Å². The van der Waals surface area contributed by atoms with E-state index < -0.39 is 5.97 Å². The van der Waals surface area contributed by atoms with Crippen LogP contribution in [0.2, 0.25) is 0 Å². The van der Waals surface area contributed by atoms with Crippen molar-refractivity contribution in [1.82, 2.24) is 14.5 Å². The van der Waals surface area contributed by atoms with E-state index in [4.69, 9.17) is 4.74 Å². The number of esters is 1. The molecule has 2 aromatic carbocycles. The first-order chi connectivity index (χ1) is 14.9. The number of fused-ring (bicyclic) bond motifs is 1. The summed E-state index contributed by atoms with van der Waals surface area (Å²) in [6.07, 6.45) is 1.82. The Hall–Kier alpha value is -4.11. The highest BCUT2D eigenvalue weighted by Gasteiger charge is 2.18. The first-order valence-electron chi connectivity index (χ1n) is 9.88. The summed E-state index contributed by atoms with van der Waals surface area (Å²) < 4.78 is 6.94. The number of aromatic nitrogens is 3. The maximum absolute atomic E-state index is 12.3. The average molecular weight is 410 g/mol. The lowest BCUT2D eigenvalue weighted by molar-refractivity contribution is 0.0600. The van der Waals surface area contributed by atoms with Gasteiger partial charge in [-0.05, 0) is 68.3 Å². The van der Waals surface area contributed by atoms with Crippen molar-refractivity contribution in [3.63, 3.8) is 0 Å². The van der Waals surface area contributed by atoms with Crippen LogP contribution in [0.4, 0.5) is 0 Å². The van der Waals surface area contributed by atoms with Crippen LogP contribution in [0.25, 0.3) is 28.4 Å². The number of nitrogens with zero attached hydrogens (tertiary/aromatic N) is 3. The van der Waals surface area contributed by atoms with Crippen molar-refractivity contribution in [2.24, 2.45) is 0 Å². The second kappa shape index (κ2) is 7.96. The quantitative estimate of drug-likeness (QED) is 0.373. The number of hydrogen-bond donors (Lipinski definition) is 1. The van der Waals surface area contributed by atoms with Crippen LogP contribution in [-0.4, -0.2) is 27.6 Å². The number of methoxy groups -OCH3 is 1. The highest BCUT2D eigenvalue weighted by Crippen LogP contribution is 2.27. The fraction of sp³-hybridized carbons (Fsp3) is 0.160. The third-order valence-corrected chi connectivity index (χ3v) is 5.33. The Morgan fingerprint density at radius 1 is 1.16 bits per heavy atom. The van der Waals surface area contributed by atoms with Gasteiger partial charge < -0.3 is 14.3 Å². The Morgan fingerprint density at radius 2 is 1.94 bits per heavy atom. The number of ether oxygens (including phenoxy) is 1. The Labute approximate surface area is 180 Å². The summed E-state index contributed by atoms with van der Waals surface area (Å²) in [5.74, 6) is 0.137. The van der Waals surface area contributed by atoms with E-state index in [1.807, 2.05) is 73.9 Å². The van der Waals surface area contributed by atoms with E-state index in [1.165, 1.54) is 7.11 Å². The molecular weight excluding hydrogens is 388 g/mol. The molecule has 0 saturated heterocycles. The van der Waals surface area contributed by atoms with Crippen LogP contribution >= 0.6 is 0 Å². The molecule has 0 spiro atoms. The van der Waals surface area contributed by atoms with Crippen molar-refractivity contribution in [2.75, 3.05) is 7.11 Å². The largest absolute Gasteiger partial charge is 0.465 e. The smallest absolute Gasteiger partial charge is 0.339 e. The minimum absolute atomic E-state index is 0.393. The molecule has 2 aromatic heterocycles. The average Bonchev–Trinajstić information content (AvgIpc) is 3.30. The van der Waals surface area contributed by atoms with Crippen molar-refractivity contribution >= 4 is 28.7 Å². The highest BCUT2D eigenvalue weighted by atomic mass is 16.5. The Balaban J connectivity index is 1.82. The molecule has 0 amide bonds. The van der Waals surface area contributed by atoms with Crippen LogP contribution in [-0.2, 0) is 4.74 Å². The summed E-state index contributed by atoms with van der Waals surface area (Å²) in [5, 5.41) is 9.81. The van der Waals surface area contributed by atoms with Gasteiger partial charge in [0.25, 0.3) is 0 Å². The minimum atomic E-state index is -0.393. The van der Waals surface area contributed by atoms with Crippen molar-refractivity contribution < 1.29 is 9.53 Å². The van der Waals surface area contributed by atoms with E-state index >= 15 is 0 Å². The van der Waals surface area contributed by atoms with E-state index in [0.717, 1.165) is 39.2 Å². The van der Waals surface area contributed by atoms with E-state index in [1.54, 1.807) is 6.07 Å². The number of imidazole rings is 1. The van der Waals surface area contributed by atoms with Crippen molar-refractivity contribution in [2.45, 2.75) is 20.8 Å². The topological polar surface area (TPSA) is 83.7 Å². The zero-order valence-electron chi connectivity index (χ0n) is 17.9. The lowest BCUT2D eigenvalue weighted by Gasteiger charge is -2.13. The highest BCUT2D eigenvalue weighted by molar-refractivity contribution is 5.94. The molecular formula is C25H22N4O2. The van der Waals surface area contributed by atoms with Gasteiger partial charge in [-0.2, -0.15) is 5.26 Å². The number of para-hydroxylation sites is 1. The van der Waals surface area contributed by atoms with Gasteiger partial charge in [0.1, 0.15) is 11.9 Å². The lowest BCUT2D eigenvalue weighted by Crippen LogP contribution is -2.09. The molecule has 0 unspecified atom stereocenters. The van der Waals surface area contributed by atoms with Crippen LogP contribution in [0.3, 0.4) is 0 Å². The van der Waals surface area contributed by atoms with Crippen LogP contribution in [0.15, 0.2) is 48.5 Å². The first kappa shape index (κ1) is 20.2. The maximum atomic E-state index is 12.3. The normalized spacial score (nSPS) is 11.5. The molecule has 2 heterocycles. The molecule has 4 aromatic rings. The van der Waals surface area contributed by atoms with Gasteiger partial charge in [-0.3, -0.25) is 0 Å². The van der Waals surface area contributed by atoms with E-state index in [9.17, 15) is 10.1 Å². The summed E-state index contributed by atoms with van der Waals surface area (Å²) >= 11 is 0. The van der Waals surface area contributed by atoms with E-state index in [0.29, 0.717) is 17.0 Å². The van der Waals surface area contributed by atoms with Gasteiger partial charge in [-0.15, -0.1) is 0 Å². The fourth-order valence-corrected chi connectivity index (χ4v) is 3.82. The molecule has 0 bridgehead atoms. The molecule has 0 radical (unpaired) electrons. The lowest BCUT2D eigenvalue weighted by atomic mass is 10.1. The van der Waals surface area contributed by atoms with Gasteiger partial charge >= 0.3 is 5.97 Å². The van der Waals surface area contributed by atoms with Crippen LogP contribution in [0.1, 0.15) is 38.7 Å².